The Bertz CT molecular complexity index is 240. The second-order valence-corrected chi connectivity index (χ2v) is 4.10. The molecule has 2 heteroatoms. The number of aliphatic hydroxyl groups is 1. The molecule has 0 saturated carbocycles. The lowest BCUT2D eigenvalue weighted by Crippen LogP contribution is -2.20. The van der Waals surface area contributed by atoms with Crippen molar-refractivity contribution in [3.8, 4) is 0 Å². The Hall–Kier alpha value is -0.600. The highest BCUT2D eigenvalue weighted by Crippen LogP contribution is 2.24. The van der Waals surface area contributed by atoms with Gasteiger partial charge in [-0.3, -0.25) is 0 Å². The highest BCUT2D eigenvalue weighted by molar-refractivity contribution is 7.07. The highest BCUT2D eigenvalue weighted by Gasteiger charge is 2.19. The minimum absolute atomic E-state index is 0.159. The smallest absolute Gasteiger partial charge is 0.0522 e. The minimum Gasteiger partial charge on any atom is -0.395 e. The third kappa shape index (κ3) is 2.19. The molecule has 0 aliphatic carbocycles. The molecule has 1 atom stereocenters. The van der Waals surface area contributed by atoms with Crippen molar-refractivity contribution in [2.24, 2.45) is 5.41 Å². The van der Waals surface area contributed by atoms with Crippen molar-refractivity contribution in [2.75, 3.05) is 6.61 Å². The van der Waals surface area contributed by atoms with Gasteiger partial charge >= 0.3 is 0 Å². The number of hydrogen-bond donors (Lipinski definition) is 1. The molecule has 0 fully saturated rings. The summed E-state index contributed by atoms with van der Waals surface area (Å²) in [6.07, 6.45) is 2.70. The molecule has 1 aromatic heterocycles. The van der Waals surface area contributed by atoms with Gasteiger partial charge in [0.15, 0.2) is 0 Å². The molecule has 66 valence electrons. The second kappa shape index (κ2) is 3.87. The molecular weight excluding hydrogens is 168 g/mol. The fraction of sp³-hybridized carbons (Fsp3) is 0.400. The third-order valence-electron chi connectivity index (χ3n) is 2.04. The maximum absolute atomic E-state index is 9.12. The SMILES string of the molecule is C=CC(C)(CO)Cc1ccsc1. The van der Waals surface area contributed by atoms with E-state index in [0.29, 0.717) is 0 Å². The monoisotopic (exact) mass is 182 g/mol. The van der Waals surface area contributed by atoms with Gasteiger partial charge in [-0.2, -0.15) is 11.3 Å². The van der Waals surface area contributed by atoms with Crippen LogP contribution < -0.4 is 0 Å². The molecule has 1 aromatic rings. The molecule has 1 unspecified atom stereocenters. The molecule has 1 rings (SSSR count). The zero-order valence-electron chi connectivity index (χ0n) is 7.29. The van der Waals surface area contributed by atoms with Crippen molar-refractivity contribution in [1.82, 2.24) is 0 Å². The Morgan fingerprint density at radius 3 is 2.92 bits per heavy atom. The molecule has 1 nitrogen and oxygen atoms in total. The van der Waals surface area contributed by atoms with E-state index in [1.807, 2.05) is 13.0 Å². The van der Waals surface area contributed by atoms with Gasteiger partial charge in [0.05, 0.1) is 6.61 Å². The first-order valence-corrected chi connectivity index (χ1v) is 4.90. The van der Waals surface area contributed by atoms with E-state index in [4.69, 9.17) is 5.11 Å². The fourth-order valence-electron chi connectivity index (χ4n) is 1.05. The van der Waals surface area contributed by atoms with Crippen molar-refractivity contribution in [3.63, 3.8) is 0 Å². The lowest BCUT2D eigenvalue weighted by atomic mass is 9.85. The number of hydrogen-bond acceptors (Lipinski definition) is 2. The highest BCUT2D eigenvalue weighted by atomic mass is 32.1. The van der Waals surface area contributed by atoms with Gasteiger partial charge in [-0.1, -0.05) is 13.0 Å². The molecule has 0 amide bonds. The lowest BCUT2D eigenvalue weighted by Gasteiger charge is -2.21. The first-order chi connectivity index (χ1) is 5.70. The normalized spacial score (nSPS) is 15.5. The molecular formula is C10H14OS. The Morgan fingerprint density at radius 1 is 1.75 bits per heavy atom. The maximum atomic E-state index is 9.12. The van der Waals surface area contributed by atoms with Gasteiger partial charge in [0.25, 0.3) is 0 Å². The third-order valence-corrected chi connectivity index (χ3v) is 2.77. The quantitative estimate of drug-likeness (QED) is 0.709. The lowest BCUT2D eigenvalue weighted by molar-refractivity contribution is 0.184. The van der Waals surface area contributed by atoms with Crippen LogP contribution >= 0.6 is 11.3 Å². The van der Waals surface area contributed by atoms with E-state index in [9.17, 15) is 0 Å². The van der Waals surface area contributed by atoms with E-state index < -0.39 is 0 Å². The maximum Gasteiger partial charge on any atom is 0.0522 e. The summed E-state index contributed by atoms with van der Waals surface area (Å²) in [6.45, 7) is 5.90. The summed E-state index contributed by atoms with van der Waals surface area (Å²) in [5.41, 5.74) is 1.11. The van der Waals surface area contributed by atoms with Crippen molar-refractivity contribution < 1.29 is 5.11 Å². The fourth-order valence-corrected chi connectivity index (χ4v) is 1.72. The van der Waals surface area contributed by atoms with Crippen LogP contribution in [0.2, 0.25) is 0 Å². The number of thiophene rings is 1. The Balaban J connectivity index is 2.66. The van der Waals surface area contributed by atoms with Gasteiger partial charge in [0, 0.05) is 5.41 Å². The Morgan fingerprint density at radius 2 is 2.50 bits per heavy atom. The van der Waals surface area contributed by atoms with Crippen LogP contribution in [0.4, 0.5) is 0 Å². The van der Waals surface area contributed by atoms with Crippen LogP contribution in [-0.4, -0.2) is 11.7 Å². The molecule has 0 aromatic carbocycles. The molecule has 0 aliphatic rings. The predicted molar refractivity (Wildman–Crippen MR) is 53.4 cm³/mol. The van der Waals surface area contributed by atoms with Crippen molar-refractivity contribution in [2.45, 2.75) is 13.3 Å². The van der Waals surface area contributed by atoms with E-state index in [2.05, 4.69) is 23.4 Å². The summed E-state index contributed by atoms with van der Waals surface area (Å²) < 4.78 is 0. The first kappa shape index (κ1) is 9.49. The van der Waals surface area contributed by atoms with Gasteiger partial charge in [0.1, 0.15) is 0 Å². The average molecular weight is 182 g/mol. The van der Waals surface area contributed by atoms with Crippen LogP contribution in [0, 0.1) is 5.41 Å². The zero-order valence-corrected chi connectivity index (χ0v) is 8.10. The standard InChI is InChI=1S/C10H14OS/c1-3-10(2,8-11)6-9-4-5-12-7-9/h3-5,7,11H,1,6,8H2,2H3. The van der Waals surface area contributed by atoms with Crippen LogP contribution in [0.25, 0.3) is 0 Å². The Kier molecular flexibility index (Phi) is 3.06. The van der Waals surface area contributed by atoms with Gasteiger partial charge in [0.2, 0.25) is 0 Å². The zero-order chi connectivity index (χ0) is 9.03. The van der Waals surface area contributed by atoms with Crippen LogP contribution in [0.15, 0.2) is 29.5 Å². The van der Waals surface area contributed by atoms with Crippen LogP contribution in [0.5, 0.6) is 0 Å². The molecule has 1 N–H and O–H groups in total. The van der Waals surface area contributed by atoms with Crippen molar-refractivity contribution in [3.05, 3.63) is 35.0 Å². The van der Waals surface area contributed by atoms with Crippen LogP contribution in [-0.2, 0) is 6.42 Å². The van der Waals surface area contributed by atoms with Gasteiger partial charge in [-0.25, -0.2) is 0 Å². The summed E-state index contributed by atoms with van der Waals surface area (Å²) in [4.78, 5) is 0. The van der Waals surface area contributed by atoms with E-state index in [1.165, 1.54) is 5.56 Å². The molecule has 12 heavy (non-hydrogen) atoms. The largest absolute Gasteiger partial charge is 0.395 e. The molecule has 1 heterocycles. The first-order valence-electron chi connectivity index (χ1n) is 3.96. The minimum atomic E-state index is -0.166. The van der Waals surface area contributed by atoms with Gasteiger partial charge < -0.3 is 5.11 Å². The van der Waals surface area contributed by atoms with E-state index >= 15 is 0 Å². The number of rotatable bonds is 4. The van der Waals surface area contributed by atoms with E-state index in [-0.39, 0.29) is 12.0 Å². The van der Waals surface area contributed by atoms with Crippen molar-refractivity contribution >= 4 is 11.3 Å². The van der Waals surface area contributed by atoms with Gasteiger partial charge in [-0.15, -0.1) is 6.58 Å². The van der Waals surface area contributed by atoms with Crippen LogP contribution in [0.1, 0.15) is 12.5 Å². The summed E-state index contributed by atoms with van der Waals surface area (Å²) in [6, 6.07) is 2.09. The molecule has 0 saturated heterocycles. The van der Waals surface area contributed by atoms with E-state index in [0.717, 1.165) is 6.42 Å². The van der Waals surface area contributed by atoms with Crippen molar-refractivity contribution in [1.29, 1.82) is 0 Å². The van der Waals surface area contributed by atoms with Crippen LogP contribution in [0.3, 0.4) is 0 Å². The summed E-state index contributed by atoms with van der Waals surface area (Å²) in [7, 11) is 0. The molecule has 0 aliphatic heterocycles. The predicted octanol–water partition coefficient (Wildman–Crippen LogP) is 2.48. The molecule has 0 radical (unpaired) electrons. The number of aliphatic hydroxyl groups excluding tert-OH is 1. The topological polar surface area (TPSA) is 20.2 Å². The summed E-state index contributed by atoms with van der Waals surface area (Å²) >= 11 is 1.69. The molecule has 0 spiro atoms. The summed E-state index contributed by atoms with van der Waals surface area (Å²) in [5, 5.41) is 13.3. The van der Waals surface area contributed by atoms with E-state index in [1.54, 1.807) is 11.3 Å². The Labute approximate surface area is 77.4 Å². The second-order valence-electron chi connectivity index (χ2n) is 3.32. The summed E-state index contributed by atoms with van der Waals surface area (Å²) in [5.74, 6) is 0. The average Bonchev–Trinajstić information content (AvgIpc) is 2.57. The molecule has 0 bridgehead atoms. The van der Waals surface area contributed by atoms with Gasteiger partial charge in [-0.05, 0) is 28.8 Å².